The summed E-state index contributed by atoms with van der Waals surface area (Å²) in [6.07, 6.45) is 0. The van der Waals surface area contributed by atoms with E-state index in [-0.39, 0.29) is 30.4 Å². The summed E-state index contributed by atoms with van der Waals surface area (Å²) in [5.74, 6) is -0.905. The Hall–Kier alpha value is -2.03. The molecule has 28 heavy (non-hydrogen) atoms. The predicted octanol–water partition coefficient (Wildman–Crippen LogP) is 2.85. The summed E-state index contributed by atoms with van der Waals surface area (Å²) in [4.78, 5) is 38.1. The third-order valence-corrected chi connectivity index (χ3v) is 5.92. The maximum absolute atomic E-state index is 12.5. The van der Waals surface area contributed by atoms with Crippen LogP contribution in [0.4, 0.5) is 5.00 Å². The minimum absolute atomic E-state index is 0.147. The topological polar surface area (TPSA) is 76.9 Å². The van der Waals surface area contributed by atoms with Crippen molar-refractivity contribution in [1.29, 1.82) is 0 Å². The molecule has 150 valence electrons. The number of hydrogen-bond acceptors (Lipinski definition) is 5. The molecule has 0 radical (unpaired) electrons. The number of nitrogens with one attached hydrogen (secondary N) is 2. The summed E-state index contributed by atoms with van der Waals surface area (Å²) < 4.78 is 6.10. The fourth-order valence-corrected chi connectivity index (χ4v) is 4.22. The molecule has 1 aromatic carbocycles. The number of halogens is 1. The standard InChI is InChI=1S/C20H23BrN2O4S/c1-5-27-20(26)17-12(2)18(13(3)24)28-19(17)22-16(25)11-23(4)10-14-6-8-15(21)9-7-14/h6-9H,5,10-11H2,1-4H3,(H,22,25)/p+1. The van der Waals surface area contributed by atoms with Gasteiger partial charge in [-0.05, 0) is 38.5 Å². The summed E-state index contributed by atoms with van der Waals surface area (Å²) >= 11 is 4.52. The van der Waals surface area contributed by atoms with E-state index in [1.807, 2.05) is 31.3 Å². The number of anilines is 1. The number of likely N-dealkylation sites (N-methyl/N-ethyl adjacent to an activating group) is 1. The van der Waals surface area contributed by atoms with Crippen molar-refractivity contribution in [3.63, 3.8) is 0 Å². The molecule has 0 aliphatic rings. The molecule has 0 spiro atoms. The van der Waals surface area contributed by atoms with Gasteiger partial charge in [-0.3, -0.25) is 9.59 Å². The largest absolute Gasteiger partial charge is 0.462 e. The van der Waals surface area contributed by atoms with Crippen LogP contribution in [0.3, 0.4) is 0 Å². The third kappa shape index (κ3) is 5.73. The van der Waals surface area contributed by atoms with Gasteiger partial charge < -0.3 is 15.0 Å². The van der Waals surface area contributed by atoms with Crippen LogP contribution in [0.1, 0.15) is 45.0 Å². The highest BCUT2D eigenvalue weighted by Crippen LogP contribution is 2.34. The van der Waals surface area contributed by atoms with Crippen LogP contribution in [0.2, 0.25) is 0 Å². The van der Waals surface area contributed by atoms with Gasteiger partial charge in [-0.1, -0.05) is 28.1 Å². The van der Waals surface area contributed by atoms with Crippen molar-refractivity contribution < 1.29 is 24.0 Å². The van der Waals surface area contributed by atoms with Crippen molar-refractivity contribution >= 4 is 49.9 Å². The molecule has 0 saturated carbocycles. The molecule has 1 amide bonds. The summed E-state index contributed by atoms with van der Waals surface area (Å²) in [6.45, 7) is 5.98. The summed E-state index contributed by atoms with van der Waals surface area (Å²) in [7, 11) is 1.93. The molecular weight excluding hydrogens is 444 g/mol. The number of quaternary nitrogens is 1. The zero-order chi connectivity index (χ0) is 20.8. The van der Waals surface area contributed by atoms with Gasteiger partial charge in [0.2, 0.25) is 0 Å². The first-order valence-corrected chi connectivity index (χ1v) is 10.5. The number of hydrogen-bond donors (Lipinski definition) is 2. The van der Waals surface area contributed by atoms with Crippen LogP contribution in [0, 0.1) is 6.92 Å². The van der Waals surface area contributed by atoms with E-state index in [9.17, 15) is 14.4 Å². The van der Waals surface area contributed by atoms with Crippen LogP contribution in [0.5, 0.6) is 0 Å². The van der Waals surface area contributed by atoms with E-state index in [0.717, 1.165) is 26.3 Å². The molecule has 0 aliphatic heterocycles. The van der Waals surface area contributed by atoms with Gasteiger partial charge in [-0.15, -0.1) is 11.3 Å². The molecule has 0 fully saturated rings. The number of amides is 1. The first kappa shape index (κ1) is 22.3. The Bertz CT molecular complexity index is 877. The molecule has 0 aliphatic carbocycles. The van der Waals surface area contributed by atoms with Crippen LogP contribution in [-0.2, 0) is 16.1 Å². The monoisotopic (exact) mass is 467 g/mol. The molecule has 1 unspecified atom stereocenters. The molecular formula is C20H24BrN2O4S+. The van der Waals surface area contributed by atoms with Gasteiger partial charge in [0, 0.05) is 10.0 Å². The van der Waals surface area contributed by atoms with Gasteiger partial charge in [0.05, 0.1) is 24.1 Å². The molecule has 2 aromatic rings. The average Bonchev–Trinajstić information content (AvgIpc) is 2.93. The highest BCUT2D eigenvalue weighted by atomic mass is 79.9. The second-order valence-electron chi connectivity index (χ2n) is 6.52. The van der Waals surface area contributed by atoms with Crippen LogP contribution in [0.15, 0.2) is 28.7 Å². The lowest BCUT2D eigenvalue weighted by atomic mass is 10.1. The Morgan fingerprint density at radius 1 is 1.21 bits per heavy atom. The van der Waals surface area contributed by atoms with E-state index in [1.54, 1.807) is 13.8 Å². The first-order valence-electron chi connectivity index (χ1n) is 8.90. The van der Waals surface area contributed by atoms with Gasteiger partial charge in [0.1, 0.15) is 11.5 Å². The molecule has 2 rings (SSSR count). The Kier molecular flexibility index (Phi) is 7.91. The lowest BCUT2D eigenvalue weighted by molar-refractivity contribution is -0.885. The third-order valence-electron chi connectivity index (χ3n) is 4.08. The molecule has 2 N–H and O–H groups in total. The zero-order valence-corrected chi connectivity index (χ0v) is 18.8. The lowest BCUT2D eigenvalue weighted by Gasteiger charge is -2.14. The number of esters is 1. The van der Waals surface area contributed by atoms with E-state index in [0.29, 0.717) is 22.0 Å². The normalized spacial score (nSPS) is 11.8. The first-order chi connectivity index (χ1) is 13.2. The number of carbonyl (C=O) groups excluding carboxylic acids is 3. The second-order valence-corrected chi connectivity index (χ2v) is 8.46. The van der Waals surface area contributed by atoms with Crippen molar-refractivity contribution in [3.8, 4) is 0 Å². The SMILES string of the molecule is CCOC(=O)c1c(NC(=O)C[NH+](C)Cc2ccc(Br)cc2)sc(C(C)=O)c1C. The smallest absolute Gasteiger partial charge is 0.341 e. The van der Waals surface area contributed by atoms with Crippen molar-refractivity contribution in [1.82, 2.24) is 0 Å². The molecule has 1 heterocycles. The Morgan fingerprint density at radius 2 is 1.86 bits per heavy atom. The van der Waals surface area contributed by atoms with Gasteiger partial charge in [-0.2, -0.15) is 0 Å². The van der Waals surface area contributed by atoms with Crippen molar-refractivity contribution in [2.45, 2.75) is 27.3 Å². The van der Waals surface area contributed by atoms with Gasteiger partial charge in [0.15, 0.2) is 12.3 Å². The Morgan fingerprint density at radius 3 is 2.43 bits per heavy atom. The number of rotatable bonds is 8. The van der Waals surface area contributed by atoms with Gasteiger partial charge >= 0.3 is 5.97 Å². The number of carbonyl (C=O) groups is 3. The molecule has 0 bridgehead atoms. The van der Waals surface area contributed by atoms with Crippen molar-refractivity contribution in [2.24, 2.45) is 0 Å². The predicted molar refractivity (Wildman–Crippen MR) is 113 cm³/mol. The molecule has 1 aromatic heterocycles. The van der Waals surface area contributed by atoms with E-state index in [4.69, 9.17) is 4.74 Å². The fourth-order valence-electron chi connectivity index (χ4n) is 2.84. The van der Waals surface area contributed by atoms with Crippen LogP contribution >= 0.6 is 27.3 Å². The van der Waals surface area contributed by atoms with Crippen LogP contribution < -0.4 is 10.2 Å². The Balaban J connectivity index is 2.11. The van der Waals surface area contributed by atoms with Gasteiger partial charge in [-0.25, -0.2) is 4.79 Å². The van der Waals surface area contributed by atoms with E-state index in [2.05, 4.69) is 21.2 Å². The number of thiophene rings is 1. The van der Waals surface area contributed by atoms with Crippen LogP contribution in [0.25, 0.3) is 0 Å². The zero-order valence-electron chi connectivity index (χ0n) is 16.3. The molecule has 6 nitrogen and oxygen atoms in total. The number of ketones is 1. The maximum Gasteiger partial charge on any atom is 0.341 e. The average molecular weight is 468 g/mol. The highest BCUT2D eigenvalue weighted by molar-refractivity contribution is 9.10. The maximum atomic E-state index is 12.5. The van der Waals surface area contributed by atoms with Crippen LogP contribution in [-0.4, -0.2) is 37.9 Å². The van der Waals surface area contributed by atoms with Crippen molar-refractivity contribution in [2.75, 3.05) is 25.5 Å². The summed E-state index contributed by atoms with van der Waals surface area (Å²) in [5, 5.41) is 3.15. The fraction of sp³-hybridized carbons (Fsp3) is 0.350. The minimum Gasteiger partial charge on any atom is -0.462 e. The number of ether oxygens (including phenoxy) is 1. The van der Waals surface area contributed by atoms with E-state index in [1.165, 1.54) is 6.92 Å². The molecule has 0 saturated heterocycles. The number of Topliss-reactive ketones (excluding diaryl/α,β-unsaturated/α-hetero) is 1. The van der Waals surface area contributed by atoms with E-state index < -0.39 is 5.97 Å². The van der Waals surface area contributed by atoms with E-state index >= 15 is 0 Å². The van der Waals surface area contributed by atoms with Crippen molar-refractivity contribution in [3.05, 3.63) is 50.3 Å². The summed E-state index contributed by atoms with van der Waals surface area (Å²) in [5.41, 5.74) is 1.92. The highest BCUT2D eigenvalue weighted by Gasteiger charge is 2.25. The molecule has 1 atom stereocenters. The van der Waals surface area contributed by atoms with Gasteiger partial charge in [0.25, 0.3) is 5.91 Å². The number of benzene rings is 1. The minimum atomic E-state index is -0.533. The lowest BCUT2D eigenvalue weighted by Crippen LogP contribution is -3.08. The summed E-state index contributed by atoms with van der Waals surface area (Å²) in [6, 6.07) is 7.94. The second kappa shape index (κ2) is 9.95. The molecule has 8 heteroatoms. The quantitative estimate of drug-likeness (QED) is 0.462. The Labute approximate surface area is 177 Å².